The number of fused-ring (bicyclic) bond motifs is 9. The highest BCUT2D eigenvalue weighted by molar-refractivity contribution is 8.00. The first-order valence-corrected chi connectivity index (χ1v) is 13.5. The molecule has 2 bridgehead atoms. The van der Waals surface area contributed by atoms with Gasteiger partial charge in [-0.25, -0.2) is 4.79 Å². The molecular weight excluding hydrogens is 472 g/mol. The number of likely N-dealkylation sites (tertiary alicyclic amines) is 1. The molecule has 2 aliphatic carbocycles. The number of imide groups is 1. The summed E-state index contributed by atoms with van der Waals surface area (Å²) in [4.78, 5) is 56.6. The summed E-state index contributed by atoms with van der Waals surface area (Å²) in [5.74, 6) is -2.48. The van der Waals surface area contributed by atoms with Gasteiger partial charge in [-0.15, -0.1) is 11.8 Å². The average molecular weight is 499 g/mol. The second-order valence-corrected chi connectivity index (χ2v) is 12.6. The third kappa shape index (κ3) is 3.02. The summed E-state index contributed by atoms with van der Waals surface area (Å²) in [6.45, 7) is 3.81. The fourth-order valence-corrected chi connectivity index (χ4v) is 10.0. The van der Waals surface area contributed by atoms with E-state index in [2.05, 4.69) is 17.1 Å². The van der Waals surface area contributed by atoms with Crippen LogP contribution in [0.25, 0.3) is 0 Å². The Morgan fingerprint density at radius 1 is 1.12 bits per heavy atom. The van der Waals surface area contributed by atoms with Gasteiger partial charge in [0.25, 0.3) is 0 Å². The normalized spacial score (nSPS) is 34.3. The number of aromatic amines is 1. The Labute approximate surface area is 204 Å². The van der Waals surface area contributed by atoms with Gasteiger partial charge in [0.1, 0.15) is 6.04 Å². The van der Waals surface area contributed by atoms with E-state index in [4.69, 9.17) is 0 Å². The molecule has 2 aliphatic heterocycles. The van der Waals surface area contributed by atoms with Crippen LogP contribution in [0.1, 0.15) is 43.0 Å². The summed E-state index contributed by atoms with van der Waals surface area (Å²) >= 11 is 2.89. The molecule has 8 atom stereocenters. The molecule has 7 unspecified atom stereocenters. The molecule has 4 aliphatic rings. The minimum Gasteiger partial charge on any atom is -0.480 e. The van der Waals surface area contributed by atoms with Crippen LogP contribution in [0.3, 0.4) is 0 Å². The number of hydrogen-bond acceptors (Lipinski definition) is 6. The molecule has 2 N–H and O–H groups in total. The third-order valence-electron chi connectivity index (χ3n) is 8.21. The minimum atomic E-state index is -1.11. The van der Waals surface area contributed by atoms with Crippen molar-refractivity contribution in [2.45, 2.75) is 48.9 Å². The van der Waals surface area contributed by atoms with Crippen LogP contribution >= 0.6 is 23.1 Å². The van der Waals surface area contributed by atoms with Gasteiger partial charge in [-0.1, -0.05) is 55.5 Å². The van der Waals surface area contributed by atoms with Gasteiger partial charge in [0.2, 0.25) is 11.8 Å². The summed E-state index contributed by atoms with van der Waals surface area (Å²) in [7, 11) is 0. The number of carbonyl (C=O) groups excluding carboxylic acids is 2. The number of aliphatic carboxylic acids is 1. The zero-order valence-corrected chi connectivity index (χ0v) is 20.5. The van der Waals surface area contributed by atoms with Crippen LogP contribution in [0, 0.1) is 35.5 Å². The van der Waals surface area contributed by atoms with Crippen LogP contribution in [0.15, 0.2) is 40.2 Å². The summed E-state index contributed by atoms with van der Waals surface area (Å²) < 4.78 is 0. The fourth-order valence-electron chi connectivity index (χ4n) is 7.14. The number of thiazole rings is 1. The second kappa shape index (κ2) is 7.81. The molecule has 9 heteroatoms. The minimum absolute atomic E-state index is 0.00185. The quantitative estimate of drug-likeness (QED) is 0.612. The number of amides is 2. The first-order chi connectivity index (χ1) is 16.3. The highest BCUT2D eigenvalue weighted by Gasteiger charge is 2.70. The lowest BCUT2D eigenvalue weighted by atomic mass is 9.68. The highest BCUT2D eigenvalue weighted by Crippen LogP contribution is 2.68. The average Bonchev–Trinajstić information content (AvgIpc) is 3.51. The second-order valence-electron chi connectivity index (χ2n) is 10.4. The fraction of sp³-hybridized carbons (Fsp3) is 0.520. The lowest BCUT2D eigenvalue weighted by Gasteiger charge is -2.43. The Morgan fingerprint density at radius 3 is 2.44 bits per heavy atom. The number of hydrogen-bond donors (Lipinski definition) is 2. The number of carboxylic acids is 1. The molecule has 2 saturated carbocycles. The van der Waals surface area contributed by atoms with Crippen LogP contribution in [0.2, 0.25) is 0 Å². The molecule has 3 heterocycles. The van der Waals surface area contributed by atoms with Gasteiger partial charge in [-0.2, -0.15) is 0 Å². The van der Waals surface area contributed by atoms with Crippen molar-refractivity contribution >= 4 is 40.9 Å². The largest absolute Gasteiger partial charge is 0.480 e. The van der Waals surface area contributed by atoms with E-state index in [0.717, 1.165) is 26.8 Å². The van der Waals surface area contributed by atoms with Gasteiger partial charge in [-0.3, -0.25) is 19.3 Å². The number of rotatable bonds is 5. The van der Waals surface area contributed by atoms with Gasteiger partial charge in [0.05, 0.1) is 16.9 Å². The number of carboxylic acid groups (broad SMARTS) is 1. The van der Waals surface area contributed by atoms with Crippen molar-refractivity contribution in [3.05, 3.63) is 50.4 Å². The number of H-pyrrole nitrogens is 1. The Bertz CT molecular complexity index is 1240. The zero-order chi connectivity index (χ0) is 23.9. The van der Waals surface area contributed by atoms with Crippen LogP contribution in [-0.4, -0.2) is 44.1 Å². The van der Waals surface area contributed by atoms with Crippen molar-refractivity contribution < 1.29 is 19.5 Å². The van der Waals surface area contributed by atoms with E-state index in [1.54, 1.807) is 11.8 Å². The topological polar surface area (TPSA) is 108 Å². The maximum Gasteiger partial charge on any atom is 0.326 e. The SMILES string of the molecule is CC(C)CC(C(=O)O)N1C(=O)C2C3CC(C2C1=O)C1C3Sc2[nH]c(=O)sc2[C@@H]1c1ccccc1. The molecule has 178 valence electrons. The maximum absolute atomic E-state index is 13.7. The lowest BCUT2D eigenvalue weighted by Crippen LogP contribution is -2.47. The predicted octanol–water partition coefficient (Wildman–Crippen LogP) is 3.41. The van der Waals surface area contributed by atoms with E-state index in [1.807, 2.05) is 32.0 Å². The van der Waals surface area contributed by atoms with Gasteiger partial charge in [0.15, 0.2) is 0 Å². The summed E-state index contributed by atoms with van der Waals surface area (Å²) in [5.41, 5.74) is 1.12. The zero-order valence-electron chi connectivity index (χ0n) is 18.8. The van der Waals surface area contributed by atoms with E-state index in [-0.39, 0.29) is 57.9 Å². The summed E-state index contributed by atoms with van der Waals surface area (Å²) in [6, 6.07) is 8.99. The first-order valence-electron chi connectivity index (χ1n) is 11.8. The third-order valence-corrected chi connectivity index (χ3v) is 10.8. The predicted molar refractivity (Wildman–Crippen MR) is 128 cm³/mol. The molecule has 7 nitrogen and oxygen atoms in total. The molecule has 1 aromatic carbocycles. The maximum atomic E-state index is 13.7. The van der Waals surface area contributed by atoms with Crippen molar-refractivity contribution in [1.82, 2.24) is 9.88 Å². The van der Waals surface area contributed by atoms with Crippen molar-refractivity contribution in [1.29, 1.82) is 0 Å². The molecule has 1 saturated heterocycles. The van der Waals surface area contributed by atoms with Gasteiger partial charge < -0.3 is 10.1 Å². The number of nitrogens with zero attached hydrogens (tertiary/aromatic N) is 1. The number of thioether (sulfide) groups is 1. The molecule has 0 spiro atoms. The van der Waals surface area contributed by atoms with Crippen molar-refractivity contribution in [2.75, 3.05) is 0 Å². The standard InChI is InChI=1S/C25H26N2O5S2/c1-10(2)8-14(24(30)31)27-22(28)17-12-9-13(18(17)23(27)29)19-16(12)15(11-6-4-3-5-7-11)20-21(33-19)26-25(32)34-20/h3-7,10,12-19H,8-9H2,1-2H3,(H,26,32)(H,30,31)/t12?,13?,14?,15-,16?,17?,18?,19?/m1/s1. The molecule has 34 heavy (non-hydrogen) atoms. The van der Waals surface area contributed by atoms with E-state index < -0.39 is 23.8 Å². The van der Waals surface area contributed by atoms with Gasteiger partial charge in [-0.05, 0) is 42.1 Å². The molecule has 0 radical (unpaired) electrons. The van der Waals surface area contributed by atoms with Crippen LogP contribution in [0.4, 0.5) is 0 Å². The number of carbonyl (C=O) groups is 3. The Morgan fingerprint density at radius 2 is 1.79 bits per heavy atom. The lowest BCUT2D eigenvalue weighted by molar-refractivity contribution is -0.156. The van der Waals surface area contributed by atoms with Crippen LogP contribution < -0.4 is 4.87 Å². The van der Waals surface area contributed by atoms with Crippen molar-refractivity contribution in [3.63, 3.8) is 0 Å². The molecule has 2 aromatic rings. The van der Waals surface area contributed by atoms with E-state index in [9.17, 15) is 24.3 Å². The van der Waals surface area contributed by atoms with Crippen molar-refractivity contribution in [2.24, 2.45) is 35.5 Å². The number of benzene rings is 1. The van der Waals surface area contributed by atoms with Crippen LogP contribution in [-0.2, 0) is 14.4 Å². The first kappa shape index (κ1) is 22.1. The van der Waals surface area contributed by atoms with Gasteiger partial charge in [0, 0.05) is 16.0 Å². The smallest absolute Gasteiger partial charge is 0.326 e. The number of aromatic nitrogens is 1. The van der Waals surface area contributed by atoms with Crippen molar-refractivity contribution in [3.8, 4) is 0 Å². The summed E-state index contributed by atoms with van der Waals surface area (Å²) in [5, 5.41) is 10.9. The Hall–Kier alpha value is -2.39. The van der Waals surface area contributed by atoms with Crippen LogP contribution in [0.5, 0.6) is 0 Å². The Balaban J connectivity index is 1.42. The monoisotopic (exact) mass is 498 g/mol. The van der Waals surface area contributed by atoms with E-state index in [1.165, 1.54) is 11.3 Å². The molecule has 1 aromatic heterocycles. The molecule has 6 rings (SSSR count). The molecule has 2 amide bonds. The molecule has 3 fully saturated rings. The highest BCUT2D eigenvalue weighted by atomic mass is 32.2. The Kier molecular flexibility index (Phi) is 5.08. The van der Waals surface area contributed by atoms with E-state index in [0.29, 0.717) is 0 Å². The van der Waals surface area contributed by atoms with E-state index >= 15 is 0 Å². The van der Waals surface area contributed by atoms with Gasteiger partial charge >= 0.3 is 10.8 Å². The molecular formula is C25H26N2O5S2. The summed E-state index contributed by atoms with van der Waals surface area (Å²) in [6.07, 6.45) is 1.06. The number of nitrogens with one attached hydrogen (secondary N) is 1.